The third-order valence-corrected chi connectivity index (χ3v) is 3.90. The molecule has 1 rings (SSSR count). The van der Waals surface area contributed by atoms with E-state index in [0.29, 0.717) is 0 Å². The van der Waals surface area contributed by atoms with Crippen molar-refractivity contribution in [3.8, 4) is 6.07 Å². The zero-order chi connectivity index (χ0) is 9.19. The number of nitriles is 1. The van der Waals surface area contributed by atoms with Gasteiger partial charge in [-0.1, -0.05) is 37.0 Å². The van der Waals surface area contributed by atoms with Gasteiger partial charge in [0, 0.05) is 0 Å². The minimum absolute atomic E-state index is 0.773. The first-order valence-corrected chi connectivity index (χ1v) is 7.54. The first-order valence-electron chi connectivity index (χ1n) is 4.04. The molecule has 0 fully saturated rings. The lowest BCUT2D eigenvalue weighted by molar-refractivity contribution is 1.49. The lowest BCUT2D eigenvalue weighted by Gasteiger charge is -2.16. The van der Waals surface area contributed by atoms with Crippen molar-refractivity contribution in [2.75, 3.05) is 0 Å². The molecule has 1 aromatic rings. The van der Waals surface area contributed by atoms with Gasteiger partial charge in [-0.05, 0) is 12.1 Å². The van der Waals surface area contributed by atoms with E-state index in [4.69, 9.17) is 5.26 Å². The molecule has 12 heavy (non-hydrogen) atoms. The molecule has 2 heteroatoms. The fraction of sp³-hybridized carbons (Fsp3) is 0.300. The van der Waals surface area contributed by atoms with Gasteiger partial charge < -0.3 is 0 Å². The Morgan fingerprint density at radius 1 is 1.25 bits per heavy atom. The summed E-state index contributed by atoms with van der Waals surface area (Å²) in [5.41, 5.74) is 0.773. The van der Waals surface area contributed by atoms with Gasteiger partial charge in [-0.3, -0.25) is 0 Å². The standard InChI is InChI=1S/C10H13NSi/c1-12(2,3)10-6-4-5-9(7-10)8-11/h4-7H,1-3H3. The Hall–Kier alpha value is -1.07. The van der Waals surface area contributed by atoms with E-state index in [1.54, 1.807) is 0 Å². The molecule has 0 amide bonds. The number of hydrogen-bond acceptors (Lipinski definition) is 1. The number of nitrogens with zero attached hydrogens (tertiary/aromatic N) is 1. The second-order valence-corrected chi connectivity index (χ2v) is 9.02. The maximum atomic E-state index is 8.69. The first kappa shape index (κ1) is 9.02. The van der Waals surface area contributed by atoms with Gasteiger partial charge in [-0.15, -0.1) is 0 Å². The van der Waals surface area contributed by atoms with E-state index in [2.05, 4.69) is 31.8 Å². The van der Waals surface area contributed by atoms with Crippen molar-refractivity contribution < 1.29 is 0 Å². The van der Waals surface area contributed by atoms with Gasteiger partial charge in [-0.25, -0.2) is 0 Å². The molecular weight excluding hydrogens is 162 g/mol. The Bertz CT molecular complexity index is 317. The third kappa shape index (κ3) is 1.96. The fourth-order valence-corrected chi connectivity index (χ4v) is 2.24. The summed E-state index contributed by atoms with van der Waals surface area (Å²) < 4.78 is 0. The molecule has 0 saturated carbocycles. The van der Waals surface area contributed by atoms with Crippen LogP contribution in [0.2, 0.25) is 19.6 Å². The summed E-state index contributed by atoms with van der Waals surface area (Å²) in [6, 6.07) is 10.1. The van der Waals surface area contributed by atoms with E-state index in [1.807, 2.05) is 18.2 Å². The monoisotopic (exact) mass is 175 g/mol. The number of hydrogen-bond donors (Lipinski definition) is 0. The van der Waals surface area contributed by atoms with Gasteiger partial charge in [0.05, 0.1) is 19.7 Å². The van der Waals surface area contributed by atoms with Crippen LogP contribution in [0.5, 0.6) is 0 Å². The zero-order valence-corrected chi connectivity index (χ0v) is 8.76. The van der Waals surface area contributed by atoms with Gasteiger partial charge in [0.1, 0.15) is 0 Å². The lowest BCUT2D eigenvalue weighted by atomic mass is 10.2. The van der Waals surface area contributed by atoms with Crippen LogP contribution in [0.1, 0.15) is 5.56 Å². The molecule has 1 aromatic carbocycles. The molecule has 0 spiro atoms. The van der Waals surface area contributed by atoms with Crippen LogP contribution in [0.25, 0.3) is 0 Å². The summed E-state index contributed by atoms with van der Waals surface area (Å²) >= 11 is 0. The third-order valence-electron chi connectivity index (χ3n) is 1.86. The molecule has 0 aliphatic heterocycles. The summed E-state index contributed by atoms with van der Waals surface area (Å²) in [6.45, 7) is 6.84. The van der Waals surface area contributed by atoms with Gasteiger partial charge in [0.25, 0.3) is 0 Å². The predicted molar refractivity (Wildman–Crippen MR) is 54.1 cm³/mol. The highest BCUT2D eigenvalue weighted by Crippen LogP contribution is 2.03. The van der Waals surface area contributed by atoms with Crippen LogP contribution in [0.4, 0.5) is 0 Å². The summed E-state index contributed by atoms with van der Waals surface area (Å²) in [6.07, 6.45) is 0. The molecule has 0 bridgehead atoms. The quantitative estimate of drug-likeness (QED) is 0.600. The van der Waals surface area contributed by atoms with Crippen LogP contribution < -0.4 is 5.19 Å². The van der Waals surface area contributed by atoms with Crippen LogP contribution >= 0.6 is 0 Å². The average Bonchev–Trinajstić information content (AvgIpc) is 2.03. The molecule has 0 radical (unpaired) electrons. The van der Waals surface area contributed by atoms with E-state index in [1.165, 1.54) is 5.19 Å². The van der Waals surface area contributed by atoms with Crippen molar-refractivity contribution in [1.29, 1.82) is 5.26 Å². The second kappa shape index (κ2) is 3.12. The van der Waals surface area contributed by atoms with Gasteiger partial charge in [0.2, 0.25) is 0 Å². The molecule has 0 aromatic heterocycles. The van der Waals surface area contributed by atoms with Crippen LogP contribution in [0, 0.1) is 11.3 Å². The molecule has 0 atom stereocenters. The maximum Gasteiger partial charge on any atom is 0.0991 e. The van der Waals surface area contributed by atoms with Crippen LogP contribution in [0.3, 0.4) is 0 Å². The Kier molecular flexibility index (Phi) is 2.34. The summed E-state index contributed by atoms with van der Waals surface area (Å²) in [4.78, 5) is 0. The Morgan fingerprint density at radius 3 is 2.42 bits per heavy atom. The normalized spacial score (nSPS) is 10.8. The minimum atomic E-state index is -1.23. The van der Waals surface area contributed by atoms with E-state index in [9.17, 15) is 0 Å². The van der Waals surface area contributed by atoms with Crippen molar-refractivity contribution in [2.24, 2.45) is 0 Å². The largest absolute Gasteiger partial charge is 0.192 e. The smallest absolute Gasteiger partial charge is 0.0991 e. The van der Waals surface area contributed by atoms with Crippen molar-refractivity contribution in [1.82, 2.24) is 0 Å². The molecule has 0 aliphatic rings. The number of benzene rings is 1. The van der Waals surface area contributed by atoms with E-state index >= 15 is 0 Å². The summed E-state index contributed by atoms with van der Waals surface area (Å²) in [5.74, 6) is 0. The zero-order valence-electron chi connectivity index (χ0n) is 7.76. The minimum Gasteiger partial charge on any atom is -0.192 e. The van der Waals surface area contributed by atoms with Crippen LogP contribution in [0.15, 0.2) is 24.3 Å². The first-order chi connectivity index (χ1) is 5.54. The Labute approximate surface area is 74.7 Å². The molecule has 0 unspecified atom stereocenters. The maximum absolute atomic E-state index is 8.69. The van der Waals surface area contributed by atoms with E-state index in [0.717, 1.165) is 5.56 Å². The highest BCUT2D eigenvalue weighted by molar-refractivity contribution is 6.88. The topological polar surface area (TPSA) is 23.8 Å². The van der Waals surface area contributed by atoms with Gasteiger partial charge in [0.15, 0.2) is 0 Å². The highest BCUT2D eigenvalue weighted by atomic mass is 28.3. The van der Waals surface area contributed by atoms with Crippen LogP contribution in [-0.4, -0.2) is 8.07 Å². The molecule has 0 aliphatic carbocycles. The highest BCUT2D eigenvalue weighted by Gasteiger charge is 2.15. The molecule has 0 N–H and O–H groups in total. The Balaban J connectivity index is 3.13. The van der Waals surface area contributed by atoms with Crippen molar-refractivity contribution in [2.45, 2.75) is 19.6 Å². The van der Waals surface area contributed by atoms with Gasteiger partial charge in [-0.2, -0.15) is 5.26 Å². The SMILES string of the molecule is C[Si](C)(C)c1cccc(C#N)c1. The fourth-order valence-electron chi connectivity index (χ4n) is 1.06. The Morgan fingerprint density at radius 2 is 1.92 bits per heavy atom. The molecule has 1 nitrogen and oxygen atoms in total. The van der Waals surface area contributed by atoms with Gasteiger partial charge >= 0.3 is 0 Å². The molecule has 0 heterocycles. The van der Waals surface area contributed by atoms with Crippen molar-refractivity contribution in [3.63, 3.8) is 0 Å². The average molecular weight is 175 g/mol. The van der Waals surface area contributed by atoms with Crippen molar-refractivity contribution >= 4 is 13.3 Å². The lowest BCUT2D eigenvalue weighted by Crippen LogP contribution is -2.37. The predicted octanol–water partition coefficient (Wildman–Crippen LogP) is 2.10. The van der Waals surface area contributed by atoms with E-state index < -0.39 is 8.07 Å². The molecule has 62 valence electrons. The van der Waals surface area contributed by atoms with Crippen LogP contribution in [-0.2, 0) is 0 Å². The summed E-state index contributed by atoms with van der Waals surface area (Å²) in [7, 11) is -1.23. The molecular formula is C10H13NSi. The number of rotatable bonds is 1. The molecule has 0 saturated heterocycles. The van der Waals surface area contributed by atoms with Crippen molar-refractivity contribution in [3.05, 3.63) is 29.8 Å². The summed E-state index contributed by atoms with van der Waals surface area (Å²) in [5, 5.41) is 10.0. The van der Waals surface area contributed by atoms with E-state index in [-0.39, 0.29) is 0 Å². The second-order valence-electron chi connectivity index (χ2n) is 3.94.